The molecule has 1 rings (SSSR count). The van der Waals surface area contributed by atoms with Crippen LogP contribution in [0.1, 0.15) is 18.9 Å². The number of hydrogen-bond acceptors (Lipinski definition) is 5. The van der Waals surface area contributed by atoms with Crippen molar-refractivity contribution in [1.82, 2.24) is 10.2 Å². The second-order valence-corrected chi connectivity index (χ2v) is 4.93. The van der Waals surface area contributed by atoms with Crippen LogP contribution in [0.5, 0.6) is 0 Å². The van der Waals surface area contributed by atoms with E-state index in [1.807, 2.05) is 17.9 Å². The van der Waals surface area contributed by atoms with Gasteiger partial charge in [0.25, 0.3) is 5.69 Å². The van der Waals surface area contributed by atoms with Crippen molar-refractivity contribution in [3.05, 3.63) is 39.9 Å². The monoisotopic (exact) mass is 309 g/mol. The number of non-ortho nitro benzene ring substituents is 1. The number of ether oxygens (including phenoxy) is 1. The van der Waals surface area contributed by atoms with E-state index in [4.69, 9.17) is 4.74 Å². The zero-order valence-corrected chi connectivity index (χ0v) is 13.1. The summed E-state index contributed by atoms with van der Waals surface area (Å²) in [6.45, 7) is 4.62. The Morgan fingerprint density at radius 3 is 2.86 bits per heavy atom. The van der Waals surface area contributed by atoms with Crippen LogP contribution in [0.4, 0.5) is 5.69 Å². The summed E-state index contributed by atoms with van der Waals surface area (Å²) in [4.78, 5) is 24.1. The highest BCUT2D eigenvalue weighted by molar-refractivity contribution is 5.77. The van der Waals surface area contributed by atoms with Crippen molar-refractivity contribution in [1.29, 1.82) is 0 Å². The molecule has 7 nitrogen and oxygen atoms in total. The summed E-state index contributed by atoms with van der Waals surface area (Å²) in [6.07, 6.45) is 0.777. The number of nitro groups is 1. The Labute approximate surface area is 130 Å². The van der Waals surface area contributed by atoms with Crippen LogP contribution in [0, 0.1) is 10.1 Å². The summed E-state index contributed by atoms with van der Waals surface area (Å²) in [5.74, 6) is -0.0524. The first kappa shape index (κ1) is 18.1. The number of amides is 1. The fourth-order valence-corrected chi connectivity index (χ4v) is 2.01. The van der Waals surface area contributed by atoms with Crippen LogP contribution in [0.15, 0.2) is 24.3 Å². The van der Waals surface area contributed by atoms with Gasteiger partial charge in [0, 0.05) is 38.9 Å². The fraction of sp³-hybridized carbons (Fsp3) is 0.533. The van der Waals surface area contributed by atoms with Gasteiger partial charge in [0.05, 0.1) is 11.5 Å². The SMILES string of the molecule is CCN(CC(=O)NCCCOC)Cc1cccc([N+](=O)[O-])c1. The number of carbonyl (C=O) groups excluding carboxylic acids is 1. The maximum atomic E-state index is 11.8. The Bertz CT molecular complexity index is 493. The van der Waals surface area contributed by atoms with Gasteiger partial charge in [0.2, 0.25) is 5.91 Å². The summed E-state index contributed by atoms with van der Waals surface area (Å²) in [5, 5.41) is 13.6. The number of likely N-dealkylation sites (N-methyl/N-ethyl adjacent to an activating group) is 1. The Morgan fingerprint density at radius 2 is 2.23 bits per heavy atom. The third-order valence-electron chi connectivity index (χ3n) is 3.19. The number of nitrogens with one attached hydrogen (secondary N) is 1. The van der Waals surface area contributed by atoms with Gasteiger partial charge in [-0.25, -0.2) is 0 Å². The number of methoxy groups -OCH3 is 1. The molecule has 0 saturated heterocycles. The van der Waals surface area contributed by atoms with Crippen LogP contribution in [-0.2, 0) is 16.1 Å². The Hall–Kier alpha value is -1.99. The van der Waals surface area contributed by atoms with E-state index >= 15 is 0 Å². The minimum atomic E-state index is -0.414. The molecule has 1 aromatic rings. The van der Waals surface area contributed by atoms with Crippen molar-refractivity contribution in [2.45, 2.75) is 19.9 Å². The van der Waals surface area contributed by atoms with Crippen molar-refractivity contribution in [3.63, 3.8) is 0 Å². The van der Waals surface area contributed by atoms with Crippen LogP contribution >= 0.6 is 0 Å². The van der Waals surface area contributed by atoms with E-state index in [1.54, 1.807) is 19.2 Å². The summed E-state index contributed by atoms with van der Waals surface area (Å²) in [6, 6.07) is 6.49. The van der Waals surface area contributed by atoms with E-state index in [1.165, 1.54) is 6.07 Å². The van der Waals surface area contributed by atoms with Gasteiger partial charge in [0.15, 0.2) is 0 Å². The molecule has 0 fully saturated rings. The summed E-state index contributed by atoms with van der Waals surface area (Å²) >= 11 is 0. The lowest BCUT2D eigenvalue weighted by Gasteiger charge is -2.19. The lowest BCUT2D eigenvalue weighted by Crippen LogP contribution is -2.37. The molecule has 0 aliphatic carbocycles. The predicted molar refractivity (Wildman–Crippen MR) is 83.6 cm³/mol. The highest BCUT2D eigenvalue weighted by Crippen LogP contribution is 2.14. The molecule has 0 aliphatic rings. The molecule has 0 radical (unpaired) electrons. The van der Waals surface area contributed by atoms with Crippen molar-refractivity contribution in [2.24, 2.45) is 0 Å². The first-order valence-corrected chi connectivity index (χ1v) is 7.28. The number of hydrogen-bond donors (Lipinski definition) is 1. The van der Waals surface area contributed by atoms with Crippen molar-refractivity contribution in [2.75, 3.05) is 33.4 Å². The van der Waals surface area contributed by atoms with Crippen LogP contribution in [0.25, 0.3) is 0 Å². The van der Waals surface area contributed by atoms with E-state index in [9.17, 15) is 14.9 Å². The molecule has 0 saturated carbocycles. The third-order valence-corrected chi connectivity index (χ3v) is 3.19. The first-order chi connectivity index (χ1) is 10.6. The lowest BCUT2D eigenvalue weighted by atomic mass is 10.2. The maximum absolute atomic E-state index is 11.8. The normalized spacial score (nSPS) is 10.7. The van der Waals surface area contributed by atoms with Gasteiger partial charge < -0.3 is 10.1 Å². The molecule has 0 spiro atoms. The van der Waals surface area contributed by atoms with E-state index in [-0.39, 0.29) is 18.1 Å². The molecule has 0 atom stereocenters. The maximum Gasteiger partial charge on any atom is 0.269 e. The van der Waals surface area contributed by atoms with Gasteiger partial charge >= 0.3 is 0 Å². The Morgan fingerprint density at radius 1 is 1.45 bits per heavy atom. The minimum Gasteiger partial charge on any atom is -0.385 e. The van der Waals surface area contributed by atoms with E-state index in [2.05, 4.69) is 5.32 Å². The summed E-state index contributed by atoms with van der Waals surface area (Å²) < 4.78 is 4.92. The molecule has 0 aliphatic heterocycles. The zero-order valence-electron chi connectivity index (χ0n) is 13.1. The fourth-order valence-electron chi connectivity index (χ4n) is 2.01. The molecule has 1 aromatic carbocycles. The van der Waals surface area contributed by atoms with Gasteiger partial charge in [-0.05, 0) is 18.5 Å². The molecule has 0 aromatic heterocycles. The number of carbonyl (C=O) groups is 1. The quantitative estimate of drug-likeness (QED) is 0.403. The largest absolute Gasteiger partial charge is 0.385 e. The molecule has 22 heavy (non-hydrogen) atoms. The van der Waals surface area contributed by atoms with Crippen LogP contribution < -0.4 is 5.32 Å². The van der Waals surface area contributed by atoms with E-state index in [0.717, 1.165) is 12.0 Å². The van der Waals surface area contributed by atoms with Gasteiger partial charge in [-0.3, -0.25) is 19.8 Å². The van der Waals surface area contributed by atoms with Crippen LogP contribution in [-0.4, -0.2) is 49.1 Å². The predicted octanol–water partition coefficient (Wildman–Crippen LogP) is 1.57. The van der Waals surface area contributed by atoms with Gasteiger partial charge in [-0.15, -0.1) is 0 Å². The molecule has 0 heterocycles. The number of nitrogens with zero attached hydrogens (tertiary/aromatic N) is 2. The lowest BCUT2D eigenvalue weighted by molar-refractivity contribution is -0.384. The van der Waals surface area contributed by atoms with Crippen LogP contribution in [0.2, 0.25) is 0 Å². The molecule has 1 amide bonds. The summed E-state index contributed by atoms with van der Waals surface area (Å²) in [7, 11) is 1.62. The summed E-state index contributed by atoms with van der Waals surface area (Å²) in [5.41, 5.74) is 0.890. The van der Waals surface area contributed by atoms with Crippen molar-refractivity contribution in [3.8, 4) is 0 Å². The Kier molecular flexibility index (Phi) is 8.09. The first-order valence-electron chi connectivity index (χ1n) is 7.28. The minimum absolute atomic E-state index is 0.0524. The molecular weight excluding hydrogens is 286 g/mol. The smallest absolute Gasteiger partial charge is 0.269 e. The number of rotatable bonds is 10. The molecule has 122 valence electrons. The van der Waals surface area contributed by atoms with Gasteiger partial charge in [-0.2, -0.15) is 0 Å². The van der Waals surface area contributed by atoms with Crippen molar-refractivity contribution >= 4 is 11.6 Å². The van der Waals surface area contributed by atoms with Crippen LogP contribution in [0.3, 0.4) is 0 Å². The Balaban J connectivity index is 2.49. The highest BCUT2D eigenvalue weighted by Gasteiger charge is 2.11. The van der Waals surface area contributed by atoms with E-state index in [0.29, 0.717) is 26.2 Å². The standard InChI is InChI=1S/C15H23N3O4/c1-3-17(12-15(19)16-8-5-9-22-2)11-13-6-4-7-14(10-13)18(20)21/h4,6-7,10H,3,5,8-9,11-12H2,1-2H3,(H,16,19). The second-order valence-electron chi connectivity index (χ2n) is 4.93. The molecule has 7 heteroatoms. The average molecular weight is 309 g/mol. The molecule has 0 bridgehead atoms. The van der Waals surface area contributed by atoms with Crippen molar-refractivity contribution < 1.29 is 14.5 Å². The molecule has 0 unspecified atom stereocenters. The van der Waals surface area contributed by atoms with Gasteiger partial charge in [-0.1, -0.05) is 19.1 Å². The highest BCUT2D eigenvalue weighted by atomic mass is 16.6. The number of nitro benzene ring substituents is 1. The zero-order chi connectivity index (χ0) is 16.4. The molecular formula is C15H23N3O4. The molecule has 1 N–H and O–H groups in total. The average Bonchev–Trinajstić information content (AvgIpc) is 2.51. The third kappa shape index (κ3) is 6.64. The topological polar surface area (TPSA) is 84.7 Å². The number of benzene rings is 1. The van der Waals surface area contributed by atoms with Gasteiger partial charge in [0.1, 0.15) is 0 Å². The second kappa shape index (κ2) is 9.86. The van der Waals surface area contributed by atoms with E-state index < -0.39 is 4.92 Å².